The number of nitrogens with zero attached hydrogens (tertiary/aromatic N) is 2. The second kappa shape index (κ2) is 7.07. The third kappa shape index (κ3) is 3.45. The molecule has 0 aliphatic carbocycles. The molecule has 0 amide bonds. The summed E-state index contributed by atoms with van der Waals surface area (Å²) in [5, 5.41) is 9.76. The SMILES string of the molecule is Oc1ccc(-c2c3nc(cc4nc(cc5ccc(cc6ccc2s6)[nH]5)C=C4)C=C3)cc1. The molecule has 2 aliphatic heterocycles. The molecule has 8 bridgehead atoms. The lowest BCUT2D eigenvalue weighted by Gasteiger charge is -2.03. The summed E-state index contributed by atoms with van der Waals surface area (Å²) >= 11 is 1.72. The number of aromatic amines is 1. The molecule has 0 unspecified atom stereocenters. The predicted molar refractivity (Wildman–Crippen MR) is 129 cm³/mol. The molecule has 4 aromatic rings. The summed E-state index contributed by atoms with van der Waals surface area (Å²) in [4.78, 5) is 13.0. The Hall–Kier alpha value is -3.96. The molecule has 6 rings (SSSR count). The van der Waals surface area contributed by atoms with Crippen LogP contribution in [0.15, 0.2) is 66.7 Å². The van der Waals surface area contributed by atoms with Gasteiger partial charge < -0.3 is 10.1 Å². The maximum atomic E-state index is 9.76. The molecule has 31 heavy (non-hydrogen) atoms. The number of nitrogens with one attached hydrogen (secondary N) is 1. The first-order chi connectivity index (χ1) is 15.2. The van der Waals surface area contributed by atoms with Gasteiger partial charge in [-0.25, -0.2) is 9.97 Å². The van der Waals surface area contributed by atoms with Crippen LogP contribution in [-0.4, -0.2) is 20.1 Å². The molecule has 0 radical (unpaired) electrons. The second-order valence-corrected chi connectivity index (χ2v) is 8.59. The monoisotopic (exact) mass is 419 g/mol. The Kier molecular flexibility index (Phi) is 4.08. The van der Waals surface area contributed by atoms with Crippen molar-refractivity contribution in [3.63, 3.8) is 0 Å². The van der Waals surface area contributed by atoms with Crippen LogP contribution in [0, 0.1) is 0 Å². The van der Waals surface area contributed by atoms with Gasteiger partial charge in [0.25, 0.3) is 0 Å². The van der Waals surface area contributed by atoms with E-state index < -0.39 is 0 Å². The summed E-state index contributed by atoms with van der Waals surface area (Å²) in [6.45, 7) is 0. The number of hydrogen-bond acceptors (Lipinski definition) is 4. The van der Waals surface area contributed by atoms with Crippen molar-refractivity contribution in [1.82, 2.24) is 15.0 Å². The number of rotatable bonds is 1. The van der Waals surface area contributed by atoms with E-state index >= 15 is 0 Å². The maximum absolute atomic E-state index is 9.76. The highest BCUT2D eigenvalue weighted by molar-refractivity contribution is 7.23. The molecule has 0 saturated carbocycles. The molecule has 2 N–H and O–H groups in total. The highest BCUT2D eigenvalue weighted by Crippen LogP contribution is 2.34. The van der Waals surface area contributed by atoms with E-state index in [0.29, 0.717) is 0 Å². The first-order valence-corrected chi connectivity index (χ1v) is 10.8. The summed E-state index contributed by atoms with van der Waals surface area (Å²) < 4.78 is 2.28. The lowest BCUT2D eigenvalue weighted by molar-refractivity contribution is 0.475. The van der Waals surface area contributed by atoms with E-state index in [1.54, 1.807) is 23.5 Å². The summed E-state index contributed by atoms with van der Waals surface area (Å²) in [7, 11) is 0. The molecule has 1 aromatic carbocycles. The molecule has 5 heteroatoms. The van der Waals surface area contributed by atoms with E-state index in [1.165, 1.54) is 0 Å². The van der Waals surface area contributed by atoms with E-state index in [0.717, 1.165) is 54.3 Å². The molecular formula is C26H17N3OS. The van der Waals surface area contributed by atoms with Gasteiger partial charge in [0.2, 0.25) is 0 Å². The van der Waals surface area contributed by atoms with Crippen LogP contribution in [0.25, 0.3) is 55.9 Å². The highest BCUT2D eigenvalue weighted by Gasteiger charge is 2.11. The van der Waals surface area contributed by atoms with Gasteiger partial charge in [0.15, 0.2) is 0 Å². The van der Waals surface area contributed by atoms with E-state index in [1.807, 2.05) is 48.6 Å². The fourth-order valence-electron chi connectivity index (χ4n) is 3.82. The van der Waals surface area contributed by atoms with Gasteiger partial charge in [-0.1, -0.05) is 12.1 Å². The fraction of sp³-hybridized carbons (Fsp3) is 0. The Balaban J connectivity index is 1.71. The van der Waals surface area contributed by atoms with Crippen LogP contribution in [0.2, 0.25) is 0 Å². The third-order valence-corrected chi connectivity index (χ3v) is 6.31. The topological polar surface area (TPSA) is 61.8 Å². The van der Waals surface area contributed by atoms with Crippen molar-refractivity contribution >= 4 is 56.1 Å². The molecule has 0 atom stereocenters. The van der Waals surface area contributed by atoms with E-state index in [9.17, 15) is 5.11 Å². The summed E-state index contributed by atoms with van der Waals surface area (Å²) in [5.41, 5.74) is 7.69. The first-order valence-electron chi connectivity index (χ1n) is 9.97. The zero-order chi connectivity index (χ0) is 20.8. The Morgan fingerprint density at radius 2 is 1.39 bits per heavy atom. The van der Waals surface area contributed by atoms with Crippen molar-refractivity contribution in [2.24, 2.45) is 0 Å². The highest BCUT2D eigenvalue weighted by atomic mass is 32.1. The van der Waals surface area contributed by atoms with Gasteiger partial charge in [0.1, 0.15) is 5.75 Å². The van der Waals surface area contributed by atoms with Crippen molar-refractivity contribution in [3.05, 3.63) is 89.5 Å². The number of fused-ring (bicyclic) bond motifs is 8. The zero-order valence-electron chi connectivity index (χ0n) is 16.4. The number of phenols is 1. The maximum Gasteiger partial charge on any atom is 0.115 e. The number of benzene rings is 1. The van der Waals surface area contributed by atoms with Crippen LogP contribution in [0.4, 0.5) is 0 Å². The number of phenolic OH excluding ortho intramolecular Hbond substituents is 1. The summed E-state index contributed by atoms with van der Waals surface area (Å²) in [6.07, 6.45) is 8.08. The third-order valence-electron chi connectivity index (χ3n) is 5.26. The average Bonchev–Trinajstić information content (AvgIpc) is 3.55. The fourth-order valence-corrected chi connectivity index (χ4v) is 4.86. The van der Waals surface area contributed by atoms with Crippen molar-refractivity contribution in [3.8, 4) is 16.9 Å². The minimum Gasteiger partial charge on any atom is -0.508 e. The molecule has 0 fully saturated rings. The number of H-pyrrole nitrogens is 1. The molecule has 5 heterocycles. The van der Waals surface area contributed by atoms with E-state index in [2.05, 4.69) is 35.3 Å². The molecule has 0 spiro atoms. The van der Waals surface area contributed by atoms with Gasteiger partial charge in [0, 0.05) is 26.0 Å². The van der Waals surface area contributed by atoms with Gasteiger partial charge in [-0.05, 0) is 84.5 Å². The Bertz CT molecular complexity index is 1540. The lowest BCUT2D eigenvalue weighted by atomic mass is 10.0. The van der Waals surface area contributed by atoms with Crippen LogP contribution in [0.1, 0.15) is 22.8 Å². The largest absolute Gasteiger partial charge is 0.508 e. The van der Waals surface area contributed by atoms with Gasteiger partial charge in [-0.3, -0.25) is 0 Å². The van der Waals surface area contributed by atoms with Gasteiger partial charge >= 0.3 is 0 Å². The summed E-state index contributed by atoms with van der Waals surface area (Å²) in [5.74, 6) is 0.250. The Morgan fingerprint density at radius 3 is 2.23 bits per heavy atom. The van der Waals surface area contributed by atoms with Crippen molar-refractivity contribution in [1.29, 1.82) is 0 Å². The molecule has 2 aliphatic rings. The molecular weight excluding hydrogens is 402 g/mol. The van der Waals surface area contributed by atoms with Gasteiger partial charge in [-0.2, -0.15) is 0 Å². The Morgan fingerprint density at radius 1 is 0.677 bits per heavy atom. The molecule has 148 valence electrons. The van der Waals surface area contributed by atoms with E-state index in [-0.39, 0.29) is 5.75 Å². The second-order valence-electron chi connectivity index (χ2n) is 7.48. The molecule has 4 nitrogen and oxygen atoms in total. The molecule has 3 aromatic heterocycles. The average molecular weight is 420 g/mol. The van der Waals surface area contributed by atoms with E-state index in [4.69, 9.17) is 9.97 Å². The normalized spacial score (nSPS) is 12.4. The first kappa shape index (κ1) is 17.9. The van der Waals surface area contributed by atoms with Crippen molar-refractivity contribution in [2.75, 3.05) is 0 Å². The quantitative estimate of drug-likeness (QED) is 0.309. The van der Waals surface area contributed by atoms with Gasteiger partial charge in [-0.15, -0.1) is 11.3 Å². The smallest absolute Gasteiger partial charge is 0.115 e. The van der Waals surface area contributed by atoms with Crippen LogP contribution in [0.3, 0.4) is 0 Å². The van der Waals surface area contributed by atoms with Crippen molar-refractivity contribution < 1.29 is 5.11 Å². The van der Waals surface area contributed by atoms with Crippen molar-refractivity contribution in [2.45, 2.75) is 0 Å². The van der Waals surface area contributed by atoms with Crippen LogP contribution >= 0.6 is 11.3 Å². The zero-order valence-corrected chi connectivity index (χ0v) is 17.2. The molecule has 0 saturated heterocycles. The van der Waals surface area contributed by atoms with Crippen LogP contribution in [0.5, 0.6) is 5.75 Å². The van der Waals surface area contributed by atoms with Gasteiger partial charge in [0.05, 0.1) is 22.8 Å². The number of thiophene rings is 1. The summed E-state index contributed by atoms with van der Waals surface area (Å²) in [6, 6.07) is 21.9. The Labute approximate surface area is 182 Å². The predicted octanol–water partition coefficient (Wildman–Crippen LogP) is 6.76. The number of aromatic nitrogens is 3. The standard InChI is InChI=1S/C26H17N3OS/c30-22-8-1-16(2-9-22)26-24-11-7-20(29-24)14-19-4-3-17(27-19)13-18-5-6-21(28-18)15-23-10-12-25(26)31-23/h1-15,28,30H. The minimum absolute atomic E-state index is 0.250. The number of aromatic hydroxyl groups is 1. The number of hydrogen-bond donors (Lipinski definition) is 2. The lowest BCUT2D eigenvalue weighted by Crippen LogP contribution is -1.83. The van der Waals surface area contributed by atoms with Crippen LogP contribution < -0.4 is 0 Å². The minimum atomic E-state index is 0.250. The van der Waals surface area contributed by atoms with Crippen LogP contribution in [-0.2, 0) is 0 Å².